The molecule has 6 nitrogen and oxygen atoms in total. The molecule has 128 valence electrons. The number of aryl methyl sites for hydroxylation is 1. The van der Waals surface area contributed by atoms with Gasteiger partial charge in [-0.2, -0.15) is 5.10 Å². The van der Waals surface area contributed by atoms with E-state index in [1.165, 1.54) is 0 Å². The maximum absolute atomic E-state index is 12.2. The number of carbonyl (C=O) groups excluding carboxylic acids is 1. The topological polar surface area (TPSA) is 65.4 Å². The number of nitrogens with one attached hydrogen (secondary N) is 1. The number of nitrogens with zero attached hydrogens (tertiary/aromatic N) is 2. The summed E-state index contributed by atoms with van der Waals surface area (Å²) in [4.78, 5) is 12.2. The fourth-order valence-corrected chi connectivity index (χ4v) is 2.75. The van der Waals surface area contributed by atoms with Gasteiger partial charge in [0, 0.05) is 35.9 Å². The van der Waals surface area contributed by atoms with Crippen LogP contribution in [0.3, 0.4) is 0 Å². The van der Waals surface area contributed by atoms with E-state index in [1.807, 2.05) is 10.9 Å². The molecular formula is C17H20ClN3O3. The van der Waals surface area contributed by atoms with Crippen molar-refractivity contribution in [3.05, 3.63) is 40.7 Å². The van der Waals surface area contributed by atoms with Crippen molar-refractivity contribution in [3.8, 4) is 11.5 Å². The van der Waals surface area contributed by atoms with Gasteiger partial charge in [0.15, 0.2) is 11.5 Å². The Morgan fingerprint density at radius 3 is 2.83 bits per heavy atom. The van der Waals surface area contributed by atoms with Gasteiger partial charge in [-0.1, -0.05) is 18.5 Å². The Hall–Kier alpha value is -2.21. The van der Waals surface area contributed by atoms with Crippen molar-refractivity contribution < 1.29 is 14.3 Å². The lowest BCUT2D eigenvalue weighted by Crippen LogP contribution is -2.24. The van der Waals surface area contributed by atoms with Gasteiger partial charge >= 0.3 is 0 Å². The number of fused-ring (bicyclic) bond motifs is 1. The summed E-state index contributed by atoms with van der Waals surface area (Å²) in [6, 6.07) is 3.48. The number of hydrogen-bond acceptors (Lipinski definition) is 4. The molecule has 0 bridgehead atoms. The summed E-state index contributed by atoms with van der Waals surface area (Å²) in [6.45, 7) is 4.43. The van der Waals surface area contributed by atoms with Gasteiger partial charge in [-0.05, 0) is 18.1 Å². The highest BCUT2D eigenvalue weighted by Crippen LogP contribution is 2.35. The Morgan fingerprint density at radius 2 is 2.08 bits per heavy atom. The molecular weight excluding hydrogens is 330 g/mol. The first-order valence-corrected chi connectivity index (χ1v) is 8.39. The molecule has 1 aliphatic heterocycles. The number of ether oxygens (including phenoxy) is 2. The van der Waals surface area contributed by atoms with Gasteiger partial charge in [0.2, 0.25) is 5.91 Å². The molecule has 0 saturated heterocycles. The van der Waals surface area contributed by atoms with Crippen molar-refractivity contribution in [1.29, 1.82) is 0 Å². The molecule has 0 aliphatic carbocycles. The average Bonchev–Trinajstić information content (AvgIpc) is 3.02. The van der Waals surface area contributed by atoms with Crippen LogP contribution in [0.15, 0.2) is 24.5 Å². The van der Waals surface area contributed by atoms with Crippen molar-refractivity contribution >= 4 is 17.5 Å². The third-order valence-corrected chi connectivity index (χ3v) is 4.04. The molecule has 0 spiro atoms. The minimum Gasteiger partial charge on any atom is -0.486 e. The van der Waals surface area contributed by atoms with Gasteiger partial charge in [0.1, 0.15) is 13.2 Å². The predicted molar refractivity (Wildman–Crippen MR) is 90.5 cm³/mol. The van der Waals surface area contributed by atoms with Crippen molar-refractivity contribution in [2.24, 2.45) is 0 Å². The van der Waals surface area contributed by atoms with Gasteiger partial charge in [0.05, 0.1) is 12.6 Å². The smallest absolute Gasteiger partial charge is 0.224 e. The molecule has 1 amide bonds. The molecule has 1 aromatic heterocycles. The zero-order valence-corrected chi connectivity index (χ0v) is 14.3. The lowest BCUT2D eigenvalue weighted by atomic mass is 10.1. The third kappa shape index (κ3) is 4.00. The first-order chi connectivity index (χ1) is 11.7. The van der Waals surface area contributed by atoms with E-state index in [0.717, 1.165) is 24.1 Å². The minimum absolute atomic E-state index is 0.100. The summed E-state index contributed by atoms with van der Waals surface area (Å²) in [6.07, 6.45) is 4.93. The second kappa shape index (κ2) is 7.57. The molecule has 0 atom stereocenters. The summed E-state index contributed by atoms with van der Waals surface area (Å²) in [5.74, 6) is 1.16. The number of halogens is 1. The summed E-state index contributed by atoms with van der Waals surface area (Å²) in [7, 11) is 0. The van der Waals surface area contributed by atoms with Crippen LogP contribution in [0.1, 0.15) is 24.5 Å². The van der Waals surface area contributed by atoms with E-state index < -0.39 is 0 Å². The second-order valence-corrected chi connectivity index (χ2v) is 6.06. The Kier molecular flexibility index (Phi) is 5.25. The van der Waals surface area contributed by atoms with Gasteiger partial charge in [0.25, 0.3) is 0 Å². The molecule has 3 rings (SSSR count). The van der Waals surface area contributed by atoms with E-state index in [4.69, 9.17) is 21.1 Å². The molecule has 7 heteroatoms. The summed E-state index contributed by atoms with van der Waals surface area (Å²) < 4.78 is 12.9. The van der Waals surface area contributed by atoms with Crippen molar-refractivity contribution in [2.45, 2.75) is 32.9 Å². The van der Waals surface area contributed by atoms with E-state index in [9.17, 15) is 4.79 Å². The predicted octanol–water partition coefficient (Wildman–Crippen LogP) is 2.58. The van der Waals surface area contributed by atoms with Gasteiger partial charge in [-0.25, -0.2) is 0 Å². The van der Waals surface area contributed by atoms with Crippen LogP contribution in [-0.2, 0) is 24.3 Å². The molecule has 1 N–H and O–H groups in total. The third-order valence-electron chi connectivity index (χ3n) is 3.69. The number of carbonyl (C=O) groups is 1. The van der Waals surface area contributed by atoms with Crippen molar-refractivity contribution in [3.63, 3.8) is 0 Å². The molecule has 0 fully saturated rings. The highest BCUT2D eigenvalue weighted by atomic mass is 35.5. The van der Waals surface area contributed by atoms with Crippen LogP contribution in [0, 0.1) is 0 Å². The minimum atomic E-state index is -0.100. The molecule has 0 saturated carbocycles. The highest BCUT2D eigenvalue weighted by molar-refractivity contribution is 6.31. The maximum Gasteiger partial charge on any atom is 0.224 e. The summed E-state index contributed by atoms with van der Waals surface area (Å²) in [5, 5.41) is 7.64. The standard InChI is InChI=1S/C17H20ClN3O3/c1-2-3-21-11-12(10-20-21)9-19-17(22)7-13-6-15-16(8-14(13)18)24-5-4-23-15/h6,8,10-11H,2-5,7,9H2,1H3,(H,19,22). The Morgan fingerprint density at radius 1 is 1.33 bits per heavy atom. The van der Waals surface area contributed by atoms with E-state index in [0.29, 0.717) is 36.3 Å². The van der Waals surface area contributed by atoms with E-state index in [-0.39, 0.29) is 12.3 Å². The molecule has 1 aliphatic rings. The van der Waals surface area contributed by atoms with Crippen LogP contribution in [-0.4, -0.2) is 28.9 Å². The normalized spacial score (nSPS) is 12.9. The number of rotatable bonds is 6. The number of aromatic nitrogens is 2. The van der Waals surface area contributed by atoms with Crippen LogP contribution in [0.2, 0.25) is 5.02 Å². The molecule has 24 heavy (non-hydrogen) atoms. The highest BCUT2D eigenvalue weighted by Gasteiger charge is 2.16. The first-order valence-electron chi connectivity index (χ1n) is 8.01. The Balaban J connectivity index is 1.58. The van der Waals surface area contributed by atoms with E-state index in [2.05, 4.69) is 17.3 Å². The van der Waals surface area contributed by atoms with E-state index in [1.54, 1.807) is 18.3 Å². The number of benzene rings is 1. The number of hydrogen-bond donors (Lipinski definition) is 1. The maximum atomic E-state index is 12.2. The average molecular weight is 350 g/mol. The van der Waals surface area contributed by atoms with Crippen LogP contribution >= 0.6 is 11.6 Å². The quantitative estimate of drug-likeness (QED) is 0.870. The lowest BCUT2D eigenvalue weighted by molar-refractivity contribution is -0.120. The van der Waals surface area contributed by atoms with Crippen LogP contribution in [0.4, 0.5) is 0 Å². The fraction of sp³-hybridized carbons (Fsp3) is 0.412. The van der Waals surface area contributed by atoms with E-state index >= 15 is 0 Å². The summed E-state index contributed by atoms with van der Waals surface area (Å²) >= 11 is 6.23. The van der Waals surface area contributed by atoms with Gasteiger partial charge < -0.3 is 14.8 Å². The fourth-order valence-electron chi connectivity index (χ4n) is 2.53. The Bertz CT molecular complexity index is 730. The summed E-state index contributed by atoms with van der Waals surface area (Å²) in [5.41, 5.74) is 1.70. The molecule has 2 heterocycles. The van der Waals surface area contributed by atoms with Gasteiger partial charge in [-0.3, -0.25) is 9.48 Å². The van der Waals surface area contributed by atoms with Crippen LogP contribution in [0.5, 0.6) is 11.5 Å². The largest absolute Gasteiger partial charge is 0.486 e. The van der Waals surface area contributed by atoms with Crippen molar-refractivity contribution in [2.75, 3.05) is 13.2 Å². The zero-order chi connectivity index (χ0) is 16.9. The van der Waals surface area contributed by atoms with Crippen LogP contribution in [0.25, 0.3) is 0 Å². The zero-order valence-electron chi connectivity index (χ0n) is 13.5. The van der Waals surface area contributed by atoms with Crippen molar-refractivity contribution in [1.82, 2.24) is 15.1 Å². The first kappa shape index (κ1) is 16.6. The lowest BCUT2D eigenvalue weighted by Gasteiger charge is -2.19. The molecule has 0 unspecified atom stereocenters. The molecule has 2 aromatic rings. The second-order valence-electron chi connectivity index (χ2n) is 5.65. The Labute approximate surface area is 145 Å². The monoisotopic (exact) mass is 349 g/mol. The molecule has 0 radical (unpaired) electrons. The van der Waals surface area contributed by atoms with Crippen LogP contribution < -0.4 is 14.8 Å². The van der Waals surface area contributed by atoms with Gasteiger partial charge in [-0.15, -0.1) is 0 Å². The SMILES string of the molecule is CCCn1cc(CNC(=O)Cc2cc3c(cc2Cl)OCCO3)cn1. The molecule has 1 aromatic carbocycles. The number of amides is 1.